The van der Waals surface area contributed by atoms with Gasteiger partial charge in [0.15, 0.2) is 6.61 Å². The van der Waals surface area contributed by atoms with Gasteiger partial charge < -0.3 is 19.8 Å². The lowest BCUT2D eigenvalue weighted by molar-refractivity contribution is -0.144. The Morgan fingerprint density at radius 2 is 2.03 bits per heavy atom. The number of fused-ring (bicyclic) bond motifs is 4. The monoisotopic (exact) mass is 438 g/mol. The molecular weight excluding hydrogens is 408 g/mol. The Morgan fingerprint density at radius 3 is 2.73 bits per heavy atom. The summed E-state index contributed by atoms with van der Waals surface area (Å²) in [6, 6.07) is 6.15. The quantitative estimate of drug-likeness (QED) is 0.701. The molecule has 0 saturated carbocycles. The van der Waals surface area contributed by atoms with E-state index in [0.29, 0.717) is 28.6 Å². The smallest absolute Gasteiger partial charge is 0.290 e. The molecule has 3 fully saturated rings. The van der Waals surface area contributed by atoms with Crippen molar-refractivity contribution in [3.63, 3.8) is 0 Å². The van der Waals surface area contributed by atoms with Crippen molar-refractivity contribution in [2.24, 2.45) is 11.8 Å². The zero-order chi connectivity index (χ0) is 21.7. The molecule has 3 saturated heterocycles. The van der Waals surface area contributed by atoms with E-state index in [1.807, 2.05) is 24.0 Å². The average Bonchev–Trinajstić information content (AvgIpc) is 2.74. The number of amides is 1. The van der Waals surface area contributed by atoms with Crippen LogP contribution in [0.5, 0.6) is 5.75 Å². The zero-order valence-electron chi connectivity index (χ0n) is 17.4. The number of rotatable bonds is 4. The summed E-state index contributed by atoms with van der Waals surface area (Å²) in [5.41, 5.74) is 0.934. The minimum Gasteiger partial charge on any atom is -0.483 e. The summed E-state index contributed by atoms with van der Waals surface area (Å²) in [5, 5.41) is 17.5. The van der Waals surface area contributed by atoms with Gasteiger partial charge in [0.1, 0.15) is 5.75 Å². The van der Waals surface area contributed by atoms with E-state index < -0.39 is 0 Å². The molecule has 166 valence electrons. The van der Waals surface area contributed by atoms with Crippen LogP contribution in [0, 0.1) is 18.8 Å². The molecule has 0 aromatic heterocycles. The van der Waals surface area contributed by atoms with Crippen LogP contribution in [0.15, 0.2) is 18.2 Å². The number of carboxylic acid groups (broad SMARTS) is 1. The Hall–Kier alpha value is -1.83. The topological polar surface area (TPSA) is 90.3 Å². The number of carbonyl (C=O) groups is 2. The van der Waals surface area contributed by atoms with Crippen LogP contribution < -0.4 is 4.74 Å². The van der Waals surface area contributed by atoms with Gasteiger partial charge in [0, 0.05) is 30.2 Å². The molecule has 1 aromatic carbocycles. The van der Waals surface area contributed by atoms with Gasteiger partial charge in [-0.2, -0.15) is 0 Å². The van der Waals surface area contributed by atoms with Gasteiger partial charge in [-0.25, -0.2) is 0 Å². The number of piperidine rings is 3. The first-order chi connectivity index (χ1) is 14.5. The average molecular weight is 439 g/mol. The van der Waals surface area contributed by atoms with Crippen molar-refractivity contribution in [1.82, 2.24) is 9.80 Å². The van der Waals surface area contributed by atoms with Gasteiger partial charge in [-0.15, -0.1) is 0 Å². The maximum atomic E-state index is 12.8. The zero-order valence-corrected chi connectivity index (χ0v) is 18.1. The molecule has 3 aliphatic heterocycles. The van der Waals surface area contributed by atoms with Crippen LogP contribution in [0.2, 0.25) is 5.02 Å². The minimum absolute atomic E-state index is 0.0417. The van der Waals surface area contributed by atoms with Gasteiger partial charge in [-0.1, -0.05) is 18.0 Å². The summed E-state index contributed by atoms with van der Waals surface area (Å²) in [7, 11) is 0. The largest absolute Gasteiger partial charge is 0.483 e. The van der Waals surface area contributed by atoms with E-state index in [4.69, 9.17) is 26.2 Å². The number of nitrogens with zero attached hydrogens (tertiary/aromatic N) is 2. The Bertz CT molecular complexity index is 732. The Labute approximate surface area is 182 Å². The third-order valence-corrected chi connectivity index (χ3v) is 6.88. The molecule has 4 rings (SSSR count). The Morgan fingerprint density at radius 1 is 1.30 bits per heavy atom. The molecule has 7 nitrogen and oxygen atoms in total. The van der Waals surface area contributed by atoms with E-state index in [1.54, 1.807) is 6.07 Å². The second kappa shape index (κ2) is 10.5. The van der Waals surface area contributed by atoms with E-state index in [9.17, 15) is 9.90 Å². The van der Waals surface area contributed by atoms with Gasteiger partial charge in [0.05, 0.1) is 6.61 Å². The lowest BCUT2D eigenvalue weighted by Crippen LogP contribution is -2.65. The third kappa shape index (κ3) is 5.07. The molecule has 30 heavy (non-hydrogen) atoms. The van der Waals surface area contributed by atoms with Crippen LogP contribution in [-0.2, 0) is 9.59 Å². The lowest BCUT2D eigenvalue weighted by atomic mass is 9.72. The number of ether oxygens (including phenoxy) is 1. The Kier molecular flexibility index (Phi) is 7.97. The predicted molar refractivity (Wildman–Crippen MR) is 114 cm³/mol. The van der Waals surface area contributed by atoms with E-state index >= 15 is 0 Å². The first-order valence-electron chi connectivity index (χ1n) is 10.6. The lowest BCUT2D eigenvalue weighted by Gasteiger charge is -2.56. The summed E-state index contributed by atoms with van der Waals surface area (Å²) in [6.45, 7) is 4.57. The highest BCUT2D eigenvalue weighted by atomic mass is 35.5. The first kappa shape index (κ1) is 22.8. The highest BCUT2D eigenvalue weighted by molar-refractivity contribution is 6.30. The fraction of sp³-hybridized carbons (Fsp3) is 0.636. The van der Waals surface area contributed by atoms with Gasteiger partial charge in [-0.3, -0.25) is 14.5 Å². The molecule has 2 bridgehead atoms. The van der Waals surface area contributed by atoms with Crippen molar-refractivity contribution in [1.29, 1.82) is 0 Å². The van der Waals surface area contributed by atoms with E-state index in [1.165, 1.54) is 19.3 Å². The summed E-state index contributed by atoms with van der Waals surface area (Å²) in [4.78, 5) is 25.7. The number of aryl methyl sites for hydroxylation is 1. The standard InChI is InChI=1S/C21H29ClN2O3.CH2O2/c1-14-8-17(22)5-6-20(14)27-13-21(26)23-10-15-9-16(11-23)19(12-25)24-7-3-2-4-18(15)24;2-1-3/h5-6,8,15-16,18-19,25H,2-4,7,9-13H2,1H3;1H,(H,2,3)/t15-,16+,18+,19+;/m1./s1. The molecule has 3 heterocycles. The molecule has 1 aromatic rings. The highest BCUT2D eigenvalue weighted by Crippen LogP contribution is 2.41. The summed E-state index contributed by atoms with van der Waals surface area (Å²) < 4.78 is 5.78. The van der Waals surface area contributed by atoms with Crippen molar-refractivity contribution >= 4 is 24.0 Å². The molecular formula is C22H31ClN2O5. The van der Waals surface area contributed by atoms with Crippen LogP contribution >= 0.6 is 11.6 Å². The van der Waals surface area contributed by atoms with Crippen molar-refractivity contribution in [2.75, 3.05) is 32.8 Å². The predicted octanol–water partition coefficient (Wildman–Crippen LogP) is 2.42. The molecule has 2 N–H and O–H groups in total. The van der Waals surface area contributed by atoms with Crippen molar-refractivity contribution in [3.05, 3.63) is 28.8 Å². The number of benzene rings is 1. The molecule has 4 atom stereocenters. The number of aliphatic hydroxyl groups is 1. The minimum atomic E-state index is -0.250. The summed E-state index contributed by atoms with van der Waals surface area (Å²) >= 11 is 5.98. The van der Waals surface area contributed by atoms with Gasteiger partial charge >= 0.3 is 0 Å². The van der Waals surface area contributed by atoms with Crippen molar-refractivity contribution in [2.45, 2.75) is 44.7 Å². The van der Waals surface area contributed by atoms with Crippen LogP contribution in [-0.4, -0.2) is 77.3 Å². The molecule has 0 spiro atoms. The van der Waals surface area contributed by atoms with Crippen molar-refractivity contribution < 1.29 is 24.5 Å². The second-order valence-electron chi connectivity index (χ2n) is 8.41. The fourth-order valence-corrected chi connectivity index (χ4v) is 5.59. The normalized spacial score (nSPS) is 28.0. The van der Waals surface area contributed by atoms with Crippen LogP contribution in [0.4, 0.5) is 0 Å². The Balaban J connectivity index is 0.000000806. The van der Waals surface area contributed by atoms with Crippen LogP contribution in [0.25, 0.3) is 0 Å². The van der Waals surface area contributed by atoms with Crippen LogP contribution in [0.3, 0.4) is 0 Å². The SMILES string of the molecule is Cc1cc(Cl)ccc1OCC(=O)N1C[C@H]2C[C@@H](C1)[C@H](CO)N1CCCC[C@@H]21.O=CO. The number of carbonyl (C=O) groups excluding carboxylic acids is 1. The fourth-order valence-electron chi connectivity index (χ4n) is 5.37. The number of likely N-dealkylation sites (tertiary alicyclic amines) is 1. The van der Waals surface area contributed by atoms with E-state index in [-0.39, 0.29) is 31.6 Å². The number of halogens is 1. The molecule has 8 heteroatoms. The summed E-state index contributed by atoms with van der Waals surface area (Å²) in [5.74, 6) is 1.63. The number of aliphatic hydroxyl groups excluding tert-OH is 1. The first-order valence-corrected chi connectivity index (χ1v) is 11.0. The van der Waals surface area contributed by atoms with Crippen LogP contribution in [0.1, 0.15) is 31.2 Å². The highest BCUT2D eigenvalue weighted by Gasteiger charge is 2.47. The second-order valence-corrected chi connectivity index (χ2v) is 8.85. The van der Waals surface area contributed by atoms with E-state index in [0.717, 1.165) is 31.6 Å². The summed E-state index contributed by atoms with van der Waals surface area (Å²) in [6.07, 6.45) is 4.81. The molecule has 0 radical (unpaired) electrons. The molecule has 1 amide bonds. The van der Waals surface area contributed by atoms with E-state index in [2.05, 4.69) is 4.90 Å². The van der Waals surface area contributed by atoms with Gasteiger partial charge in [0.2, 0.25) is 0 Å². The molecule has 0 aliphatic carbocycles. The van der Waals surface area contributed by atoms with Gasteiger partial charge in [-0.05, 0) is 68.3 Å². The number of hydrogen-bond donors (Lipinski definition) is 2. The van der Waals surface area contributed by atoms with Crippen molar-refractivity contribution in [3.8, 4) is 5.75 Å². The maximum absolute atomic E-state index is 12.8. The third-order valence-electron chi connectivity index (χ3n) is 6.65. The molecule has 0 unspecified atom stereocenters. The van der Waals surface area contributed by atoms with Gasteiger partial charge in [0.25, 0.3) is 12.4 Å². The maximum Gasteiger partial charge on any atom is 0.290 e. The number of hydrogen-bond acceptors (Lipinski definition) is 5. The molecule has 3 aliphatic rings.